The van der Waals surface area contributed by atoms with Gasteiger partial charge < -0.3 is 15.8 Å². The Balaban J connectivity index is 1.60. The van der Waals surface area contributed by atoms with Crippen LogP contribution in [-0.4, -0.2) is 18.1 Å². The fourth-order valence-corrected chi connectivity index (χ4v) is 2.30. The van der Waals surface area contributed by atoms with Gasteiger partial charge in [-0.2, -0.15) is 0 Å². The number of ether oxygens (including phenoxy) is 1. The first-order chi connectivity index (χ1) is 9.76. The van der Waals surface area contributed by atoms with Gasteiger partial charge in [-0.15, -0.1) is 0 Å². The van der Waals surface area contributed by atoms with Crippen LogP contribution in [0.5, 0.6) is 5.75 Å². The highest BCUT2D eigenvalue weighted by atomic mass is 16.5. The molecule has 2 aromatic rings. The number of hydrogen-bond acceptors (Lipinski definition) is 4. The molecule has 0 aliphatic heterocycles. The summed E-state index contributed by atoms with van der Waals surface area (Å²) < 4.78 is 5.21. The Morgan fingerprint density at radius 2 is 2.20 bits per heavy atom. The minimum atomic E-state index is 0.326. The lowest BCUT2D eigenvalue weighted by atomic mass is 10.2. The molecule has 1 fully saturated rings. The molecule has 0 unspecified atom stereocenters. The largest absolute Gasteiger partial charge is 0.497 e. The average molecular weight is 269 g/mol. The molecule has 2 atom stereocenters. The number of methoxy groups -OCH3 is 1. The number of nitrogens with zero attached hydrogens (tertiary/aromatic N) is 1. The van der Waals surface area contributed by atoms with Gasteiger partial charge in [0.2, 0.25) is 0 Å². The van der Waals surface area contributed by atoms with Crippen LogP contribution in [-0.2, 0) is 6.54 Å². The number of pyridine rings is 1. The summed E-state index contributed by atoms with van der Waals surface area (Å²) in [6, 6.07) is 12.5. The lowest BCUT2D eigenvalue weighted by Gasteiger charge is -2.08. The van der Waals surface area contributed by atoms with Crippen molar-refractivity contribution < 1.29 is 4.74 Å². The minimum absolute atomic E-state index is 0.326. The zero-order valence-electron chi connectivity index (χ0n) is 11.5. The molecule has 3 N–H and O–H groups in total. The Morgan fingerprint density at radius 1 is 1.35 bits per heavy atom. The van der Waals surface area contributed by atoms with E-state index in [1.54, 1.807) is 7.11 Å². The van der Waals surface area contributed by atoms with E-state index in [1.807, 2.05) is 30.5 Å². The van der Waals surface area contributed by atoms with E-state index < -0.39 is 0 Å². The molecule has 0 amide bonds. The van der Waals surface area contributed by atoms with Gasteiger partial charge in [-0.05, 0) is 35.7 Å². The SMILES string of the molecule is COc1cccc(CNc2ccc([C@H]3C[C@@H]3N)cn2)c1. The van der Waals surface area contributed by atoms with Gasteiger partial charge in [-0.25, -0.2) is 4.98 Å². The quantitative estimate of drug-likeness (QED) is 0.875. The summed E-state index contributed by atoms with van der Waals surface area (Å²) in [5, 5.41) is 3.31. The van der Waals surface area contributed by atoms with Crippen molar-refractivity contribution in [3.63, 3.8) is 0 Å². The fourth-order valence-electron chi connectivity index (χ4n) is 2.30. The van der Waals surface area contributed by atoms with Crippen LogP contribution >= 0.6 is 0 Å². The van der Waals surface area contributed by atoms with Crippen LogP contribution in [0, 0.1) is 0 Å². The third kappa shape index (κ3) is 2.91. The van der Waals surface area contributed by atoms with Gasteiger partial charge in [0.15, 0.2) is 0 Å². The standard InChI is InChI=1S/C16H19N3O/c1-20-13-4-2-3-11(7-13)9-18-16-6-5-12(10-19-16)14-8-15(14)17/h2-7,10,14-15H,8-9,17H2,1H3,(H,18,19)/t14-,15+/m1/s1. The van der Waals surface area contributed by atoms with Crippen LogP contribution in [0.2, 0.25) is 0 Å². The maximum atomic E-state index is 5.84. The minimum Gasteiger partial charge on any atom is -0.497 e. The normalized spacial score (nSPS) is 20.5. The number of benzene rings is 1. The first-order valence-corrected chi connectivity index (χ1v) is 6.84. The lowest BCUT2D eigenvalue weighted by Crippen LogP contribution is -2.03. The Morgan fingerprint density at radius 3 is 2.85 bits per heavy atom. The monoisotopic (exact) mass is 269 g/mol. The summed E-state index contributed by atoms with van der Waals surface area (Å²) in [6.07, 6.45) is 3.00. The molecule has 0 spiro atoms. The molecule has 4 heteroatoms. The van der Waals surface area contributed by atoms with E-state index in [4.69, 9.17) is 10.5 Å². The molecule has 1 aromatic heterocycles. The molecule has 20 heavy (non-hydrogen) atoms. The zero-order chi connectivity index (χ0) is 13.9. The highest BCUT2D eigenvalue weighted by Gasteiger charge is 2.34. The number of anilines is 1. The summed E-state index contributed by atoms with van der Waals surface area (Å²) in [7, 11) is 1.68. The molecule has 1 aromatic carbocycles. The van der Waals surface area contributed by atoms with Crippen LogP contribution in [0.25, 0.3) is 0 Å². The molecule has 0 radical (unpaired) electrons. The Hall–Kier alpha value is -2.07. The smallest absolute Gasteiger partial charge is 0.126 e. The molecule has 0 saturated heterocycles. The number of rotatable bonds is 5. The Bertz CT molecular complexity index is 583. The van der Waals surface area contributed by atoms with Crippen LogP contribution in [0.15, 0.2) is 42.6 Å². The lowest BCUT2D eigenvalue weighted by molar-refractivity contribution is 0.414. The predicted molar refractivity (Wildman–Crippen MR) is 79.9 cm³/mol. The second-order valence-corrected chi connectivity index (χ2v) is 5.19. The first-order valence-electron chi connectivity index (χ1n) is 6.84. The van der Waals surface area contributed by atoms with Crippen molar-refractivity contribution in [2.24, 2.45) is 5.73 Å². The van der Waals surface area contributed by atoms with Crippen LogP contribution in [0.4, 0.5) is 5.82 Å². The first kappa shape index (κ1) is 12.9. The zero-order valence-corrected chi connectivity index (χ0v) is 11.5. The topological polar surface area (TPSA) is 60.2 Å². The van der Waals surface area contributed by atoms with E-state index in [0.29, 0.717) is 12.0 Å². The van der Waals surface area contributed by atoms with E-state index in [-0.39, 0.29) is 0 Å². The molecule has 1 aliphatic rings. The maximum absolute atomic E-state index is 5.84. The fraction of sp³-hybridized carbons (Fsp3) is 0.312. The van der Waals surface area contributed by atoms with Gasteiger partial charge in [0.05, 0.1) is 7.11 Å². The number of nitrogens with two attached hydrogens (primary N) is 1. The Kier molecular flexibility index (Phi) is 3.56. The maximum Gasteiger partial charge on any atom is 0.126 e. The highest BCUT2D eigenvalue weighted by Crippen LogP contribution is 2.38. The van der Waals surface area contributed by atoms with Gasteiger partial charge in [0.25, 0.3) is 0 Å². The molecular weight excluding hydrogens is 250 g/mol. The van der Waals surface area contributed by atoms with Crippen LogP contribution in [0.1, 0.15) is 23.5 Å². The molecule has 1 heterocycles. The molecular formula is C16H19N3O. The van der Waals surface area contributed by atoms with Crippen LogP contribution in [0.3, 0.4) is 0 Å². The van der Waals surface area contributed by atoms with Crippen LogP contribution < -0.4 is 15.8 Å². The van der Waals surface area contributed by atoms with Gasteiger partial charge in [0.1, 0.15) is 11.6 Å². The van der Waals surface area contributed by atoms with Crippen molar-refractivity contribution in [1.82, 2.24) is 4.98 Å². The van der Waals surface area contributed by atoms with Crippen molar-refractivity contribution in [3.05, 3.63) is 53.7 Å². The van der Waals surface area contributed by atoms with Crippen molar-refractivity contribution in [1.29, 1.82) is 0 Å². The van der Waals surface area contributed by atoms with E-state index >= 15 is 0 Å². The molecule has 0 bridgehead atoms. The van der Waals surface area contributed by atoms with E-state index in [0.717, 1.165) is 24.5 Å². The second-order valence-electron chi connectivity index (χ2n) is 5.19. The van der Waals surface area contributed by atoms with Crippen molar-refractivity contribution in [2.45, 2.75) is 24.9 Å². The van der Waals surface area contributed by atoms with Gasteiger partial charge >= 0.3 is 0 Å². The summed E-state index contributed by atoms with van der Waals surface area (Å²) in [5.74, 6) is 2.26. The van der Waals surface area contributed by atoms with E-state index in [2.05, 4.69) is 22.4 Å². The third-order valence-corrected chi connectivity index (χ3v) is 3.66. The second kappa shape index (κ2) is 5.51. The number of hydrogen-bond donors (Lipinski definition) is 2. The summed E-state index contributed by atoms with van der Waals surface area (Å²) in [5.41, 5.74) is 8.25. The molecule has 1 saturated carbocycles. The summed E-state index contributed by atoms with van der Waals surface area (Å²) >= 11 is 0. The van der Waals surface area contributed by atoms with Gasteiger partial charge in [-0.1, -0.05) is 18.2 Å². The van der Waals surface area contributed by atoms with Gasteiger partial charge in [-0.3, -0.25) is 0 Å². The average Bonchev–Trinajstić information content (AvgIpc) is 3.23. The van der Waals surface area contributed by atoms with Crippen molar-refractivity contribution in [3.8, 4) is 5.75 Å². The van der Waals surface area contributed by atoms with Crippen molar-refractivity contribution >= 4 is 5.82 Å². The Labute approximate surface area is 119 Å². The number of aromatic nitrogens is 1. The van der Waals surface area contributed by atoms with Gasteiger partial charge in [0, 0.05) is 24.7 Å². The highest BCUT2D eigenvalue weighted by molar-refractivity contribution is 5.39. The van der Waals surface area contributed by atoms with E-state index in [9.17, 15) is 0 Å². The molecule has 4 nitrogen and oxygen atoms in total. The number of nitrogens with one attached hydrogen (secondary N) is 1. The third-order valence-electron chi connectivity index (χ3n) is 3.66. The molecule has 3 rings (SSSR count). The van der Waals surface area contributed by atoms with Crippen molar-refractivity contribution in [2.75, 3.05) is 12.4 Å². The molecule has 1 aliphatic carbocycles. The predicted octanol–water partition coefficient (Wildman–Crippen LogP) is 2.52. The van der Waals surface area contributed by atoms with E-state index in [1.165, 1.54) is 11.1 Å². The summed E-state index contributed by atoms with van der Waals surface area (Å²) in [4.78, 5) is 4.43. The molecule has 104 valence electrons. The summed E-state index contributed by atoms with van der Waals surface area (Å²) in [6.45, 7) is 0.729.